The smallest absolute Gasteiger partial charge is 0.164 e. The molecule has 0 unspecified atom stereocenters. The largest absolute Gasteiger partial charge is 0.489 e. The first kappa shape index (κ1) is 13.3. The lowest BCUT2D eigenvalue weighted by atomic mass is 10.0. The monoisotopic (exact) mass is 288 g/mol. The van der Waals surface area contributed by atoms with Gasteiger partial charge in [0.15, 0.2) is 11.5 Å². The summed E-state index contributed by atoms with van der Waals surface area (Å²) < 4.78 is 11.7. The molecule has 104 valence electrons. The van der Waals surface area contributed by atoms with Gasteiger partial charge >= 0.3 is 0 Å². The van der Waals surface area contributed by atoms with Crippen LogP contribution in [0.25, 0.3) is 0 Å². The highest BCUT2D eigenvalue weighted by Crippen LogP contribution is 2.40. The molecule has 0 aromatic heterocycles. The normalized spacial score (nSPS) is 12.9. The van der Waals surface area contributed by atoms with Crippen LogP contribution in [0.4, 0.5) is 0 Å². The third kappa shape index (κ3) is 2.48. The minimum atomic E-state index is 0.501. The summed E-state index contributed by atoms with van der Waals surface area (Å²) in [6.07, 6.45) is 0.938. The summed E-state index contributed by atoms with van der Waals surface area (Å²) >= 11 is 6.03. The maximum absolute atomic E-state index is 6.03. The molecule has 0 aliphatic carbocycles. The first-order chi connectivity index (χ1) is 9.79. The van der Waals surface area contributed by atoms with E-state index in [0.717, 1.165) is 35.7 Å². The number of ether oxygens (including phenoxy) is 2. The zero-order chi connectivity index (χ0) is 13.9. The molecule has 0 saturated heterocycles. The van der Waals surface area contributed by atoms with Gasteiger partial charge in [0.05, 0.1) is 6.61 Å². The molecule has 0 fully saturated rings. The van der Waals surface area contributed by atoms with Gasteiger partial charge in [0, 0.05) is 17.9 Å². The van der Waals surface area contributed by atoms with E-state index in [4.69, 9.17) is 21.1 Å². The average Bonchev–Trinajstić information content (AvgIpc) is 2.98. The highest BCUT2D eigenvalue weighted by Gasteiger charge is 2.22. The molecule has 3 heteroatoms. The van der Waals surface area contributed by atoms with Crippen LogP contribution in [0.2, 0.25) is 0 Å². The fourth-order valence-corrected chi connectivity index (χ4v) is 2.82. The van der Waals surface area contributed by atoms with Crippen LogP contribution in [0.3, 0.4) is 0 Å². The second-order valence-electron chi connectivity index (χ2n) is 4.97. The van der Waals surface area contributed by atoms with E-state index in [2.05, 4.69) is 19.1 Å². The highest BCUT2D eigenvalue weighted by molar-refractivity contribution is 6.17. The molecule has 0 N–H and O–H groups in total. The molecule has 0 spiro atoms. The predicted octanol–water partition coefficient (Wildman–Crippen LogP) is 4.25. The molecule has 2 aromatic carbocycles. The Bertz CT molecular complexity index is 608. The lowest BCUT2D eigenvalue weighted by molar-refractivity contribution is 0.277. The number of alkyl halides is 1. The van der Waals surface area contributed by atoms with Gasteiger partial charge in [0.25, 0.3) is 0 Å². The molecular formula is C17H17ClO2. The van der Waals surface area contributed by atoms with Gasteiger partial charge in [-0.25, -0.2) is 0 Å². The standard InChI is InChI=1S/C17H17ClO2/c1-12-14(10-18)9-16(17-15(12)7-8-19-17)20-11-13-5-3-2-4-6-13/h2-6,9H,7-8,10-11H2,1H3. The Labute approximate surface area is 124 Å². The molecule has 0 saturated carbocycles. The summed E-state index contributed by atoms with van der Waals surface area (Å²) in [6, 6.07) is 12.1. The van der Waals surface area contributed by atoms with Crippen LogP contribution in [0.5, 0.6) is 11.5 Å². The molecule has 1 aliphatic heterocycles. The third-order valence-corrected chi connectivity index (χ3v) is 4.01. The minimum Gasteiger partial charge on any atom is -0.489 e. The number of benzene rings is 2. The Kier molecular flexibility index (Phi) is 3.83. The molecule has 20 heavy (non-hydrogen) atoms. The second kappa shape index (κ2) is 5.76. The van der Waals surface area contributed by atoms with Gasteiger partial charge in [-0.15, -0.1) is 11.6 Å². The molecule has 0 amide bonds. The van der Waals surface area contributed by atoms with E-state index in [-0.39, 0.29) is 0 Å². The number of fused-ring (bicyclic) bond motifs is 1. The fourth-order valence-electron chi connectivity index (χ4n) is 2.54. The first-order valence-electron chi connectivity index (χ1n) is 6.80. The molecule has 1 heterocycles. The summed E-state index contributed by atoms with van der Waals surface area (Å²) in [4.78, 5) is 0. The van der Waals surface area contributed by atoms with Gasteiger partial charge in [-0.3, -0.25) is 0 Å². The van der Waals surface area contributed by atoms with Gasteiger partial charge in [0.1, 0.15) is 6.61 Å². The van der Waals surface area contributed by atoms with Crippen molar-refractivity contribution in [3.63, 3.8) is 0 Å². The number of halogens is 1. The maximum atomic E-state index is 6.03. The second-order valence-corrected chi connectivity index (χ2v) is 5.24. The zero-order valence-electron chi connectivity index (χ0n) is 11.5. The van der Waals surface area contributed by atoms with Crippen LogP contribution in [-0.4, -0.2) is 6.61 Å². The van der Waals surface area contributed by atoms with Crippen LogP contribution >= 0.6 is 11.6 Å². The minimum absolute atomic E-state index is 0.501. The van der Waals surface area contributed by atoms with Gasteiger partial charge in [-0.05, 0) is 29.7 Å². The zero-order valence-corrected chi connectivity index (χ0v) is 12.2. The van der Waals surface area contributed by atoms with Gasteiger partial charge in [-0.1, -0.05) is 30.3 Å². The molecule has 0 atom stereocenters. The Morgan fingerprint density at radius 3 is 2.80 bits per heavy atom. The number of hydrogen-bond donors (Lipinski definition) is 0. The van der Waals surface area contributed by atoms with Crippen LogP contribution in [-0.2, 0) is 18.9 Å². The first-order valence-corrected chi connectivity index (χ1v) is 7.34. The van der Waals surface area contributed by atoms with Crippen molar-refractivity contribution in [1.29, 1.82) is 0 Å². The summed E-state index contributed by atoms with van der Waals surface area (Å²) in [6.45, 7) is 3.37. The molecule has 3 rings (SSSR count). The van der Waals surface area contributed by atoms with Crippen molar-refractivity contribution in [1.82, 2.24) is 0 Å². The Morgan fingerprint density at radius 2 is 2.05 bits per heavy atom. The molecule has 2 aromatic rings. The van der Waals surface area contributed by atoms with Crippen molar-refractivity contribution in [2.75, 3.05) is 6.61 Å². The van der Waals surface area contributed by atoms with Crippen molar-refractivity contribution in [3.8, 4) is 11.5 Å². The summed E-state index contributed by atoms with van der Waals surface area (Å²) in [5.41, 5.74) is 4.75. The predicted molar refractivity (Wildman–Crippen MR) is 80.7 cm³/mol. The SMILES string of the molecule is Cc1c(CCl)cc(OCc2ccccc2)c2c1CCO2. The van der Waals surface area contributed by atoms with E-state index in [1.54, 1.807) is 0 Å². The van der Waals surface area contributed by atoms with Crippen molar-refractivity contribution in [3.05, 3.63) is 58.7 Å². The Hall–Kier alpha value is -1.67. The summed E-state index contributed by atoms with van der Waals surface area (Å²) in [5.74, 6) is 2.20. The van der Waals surface area contributed by atoms with Crippen LogP contribution in [0, 0.1) is 6.92 Å². The van der Waals surface area contributed by atoms with E-state index in [9.17, 15) is 0 Å². The van der Waals surface area contributed by atoms with Crippen molar-refractivity contribution >= 4 is 11.6 Å². The molecule has 0 bridgehead atoms. The van der Waals surface area contributed by atoms with E-state index in [1.807, 2.05) is 24.3 Å². The van der Waals surface area contributed by atoms with Crippen molar-refractivity contribution < 1.29 is 9.47 Å². The van der Waals surface area contributed by atoms with Crippen LogP contribution in [0.15, 0.2) is 36.4 Å². The van der Waals surface area contributed by atoms with Crippen molar-refractivity contribution in [2.45, 2.75) is 25.8 Å². The maximum Gasteiger partial charge on any atom is 0.164 e. The lowest BCUT2D eigenvalue weighted by Gasteiger charge is -2.14. The Balaban J connectivity index is 1.88. The van der Waals surface area contributed by atoms with Crippen LogP contribution in [0.1, 0.15) is 22.3 Å². The van der Waals surface area contributed by atoms with Crippen molar-refractivity contribution in [2.24, 2.45) is 0 Å². The number of hydrogen-bond acceptors (Lipinski definition) is 2. The fraction of sp³-hybridized carbons (Fsp3) is 0.294. The summed E-state index contributed by atoms with van der Waals surface area (Å²) in [7, 11) is 0. The lowest BCUT2D eigenvalue weighted by Crippen LogP contribution is -1.99. The molecular weight excluding hydrogens is 272 g/mol. The third-order valence-electron chi connectivity index (χ3n) is 3.72. The molecule has 1 aliphatic rings. The van der Waals surface area contributed by atoms with E-state index in [0.29, 0.717) is 12.5 Å². The molecule has 2 nitrogen and oxygen atoms in total. The number of rotatable bonds is 4. The van der Waals surface area contributed by atoms with E-state index < -0.39 is 0 Å². The van der Waals surface area contributed by atoms with Crippen LogP contribution < -0.4 is 9.47 Å². The quantitative estimate of drug-likeness (QED) is 0.783. The van der Waals surface area contributed by atoms with E-state index in [1.165, 1.54) is 11.1 Å². The Morgan fingerprint density at radius 1 is 1.25 bits per heavy atom. The highest BCUT2D eigenvalue weighted by atomic mass is 35.5. The molecule has 0 radical (unpaired) electrons. The topological polar surface area (TPSA) is 18.5 Å². The van der Waals surface area contributed by atoms with E-state index >= 15 is 0 Å². The van der Waals surface area contributed by atoms with Gasteiger partial charge < -0.3 is 9.47 Å². The van der Waals surface area contributed by atoms with Gasteiger partial charge in [0.2, 0.25) is 0 Å². The summed E-state index contributed by atoms with van der Waals surface area (Å²) in [5, 5.41) is 0. The van der Waals surface area contributed by atoms with Gasteiger partial charge in [-0.2, -0.15) is 0 Å². The average molecular weight is 289 g/mol.